The molecule has 0 spiro atoms. The van der Waals surface area contributed by atoms with E-state index in [1.165, 1.54) is 23.8 Å². The standard InChI is InChI=1S/C23H16ClFN2O2/c1-29-21-12-9-16(24)14-20(21)27-22(13-8-15-6-10-17(25)11-7-15)26-19-5-3-2-4-18(19)23(27)28/h2-14H,1H3/b13-8-. The summed E-state index contributed by atoms with van der Waals surface area (Å²) in [7, 11) is 1.53. The monoisotopic (exact) mass is 406 g/mol. The van der Waals surface area contributed by atoms with E-state index in [1.54, 1.807) is 60.7 Å². The van der Waals surface area contributed by atoms with E-state index in [0.717, 1.165) is 5.56 Å². The summed E-state index contributed by atoms with van der Waals surface area (Å²) in [5.41, 5.74) is 1.60. The third-order valence-electron chi connectivity index (χ3n) is 4.48. The van der Waals surface area contributed by atoms with Crippen LogP contribution in [-0.4, -0.2) is 16.7 Å². The zero-order chi connectivity index (χ0) is 20.4. The number of aromatic nitrogens is 2. The highest BCUT2D eigenvalue weighted by Crippen LogP contribution is 2.27. The predicted molar refractivity (Wildman–Crippen MR) is 114 cm³/mol. The van der Waals surface area contributed by atoms with Crippen LogP contribution in [0.1, 0.15) is 11.4 Å². The summed E-state index contributed by atoms with van der Waals surface area (Å²) in [5.74, 6) is 0.579. The number of hydrogen-bond acceptors (Lipinski definition) is 3. The fraction of sp³-hybridized carbons (Fsp3) is 0.0435. The van der Waals surface area contributed by atoms with E-state index in [0.29, 0.717) is 33.2 Å². The van der Waals surface area contributed by atoms with Crippen molar-refractivity contribution in [3.05, 3.63) is 99.3 Å². The fourth-order valence-electron chi connectivity index (χ4n) is 3.08. The van der Waals surface area contributed by atoms with Gasteiger partial charge in [0.15, 0.2) is 0 Å². The molecule has 4 aromatic rings. The van der Waals surface area contributed by atoms with Gasteiger partial charge < -0.3 is 4.74 Å². The van der Waals surface area contributed by atoms with Crippen molar-refractivity contribution in [1.82, 2.24) is 9.55 Å². The number of rotatable bonds is 4. The lowest BCUT2D eigenvalue weighted by Gasteiger charge is -2.15. The first kappa shape index (κ1) is 18.9. The second kappa shape index (κ2) is 7.89. The van der Waals surface area contributed by atoms with Gasteiger partial charge in [-0.3, -0.25) is 9.36 Å². The Morgan fingerprint density at radius 1 is 1.03 bits per heavy atom. The van der Waals surface area contributed by atoms with Crippen molar-refractivity contribution in [1.29, 1.82) is 0 Å². The van der Waals surface area contributed by atoms with Gasteiger partial charge in [-0.1, -0.05) is 41.9 Å². The van der Waals surface area contributed by atoms with Crippen LogP contribution in [0.5, 0.6) is 5.75 Å². The number of ether oxygens (including phenoxy) is 1. The van der Waals surface area contributed by atoms with Gasteiger partial charge in [0.2, 0.25) is 0 Å². The van der Waals surface area contributed by atoms with Crippen LogP contribution in [0, 0.1) is 5.82 Å². The van der Waals surface area contributed by atoms with E-state index < -0.39 is 0 Å². The first-order valence-electron chi connectivity index (χ1n) is 8.86. The fourth-order valence-corrected chi connectivity index (χ4v) is 3.24. The number of hydrogen-bond donors (Lipinski definition) is 0. The highest BCUT2D eigenvalue weighted by atomic mass is 35.5. The van der Waals surface area contributed by atoms with E-state index >= 15 is 0 Å². The second-order valence-electron chi connectivity index (χ2n) is 6.33. The molecule has 0 atom stereocenters. The van der Waals surface area contributed by atoms with Gasteiger partial charge in [-0.25, -0.2) is 9.37 Å². The normalized spacial score (nSPS) is 11.3. The molecular formula is C23H16ClFN2O2. The van der Waals surface area contributed by atoms with Crippen LogP contribution in [0.2, 0.25) is 5.02 Å². The summed E-state index contributed by atoms with van der Waals surface area (Å²) in [6, 6.07) is 18.2. The van der Waals surface area contributed by atoms with Crippen molar-refractivity contribution in [2.75, 3.05) is 7.11 Å². The van der Waals surface area contributed by atoms with Crippen LogP contribution in [0.15, 0.2) is 71.5 Å². The molecule has 0 bridgehead atoms. The van der Waals surface area contributed by atoms with Crippen molar-refractivity contribution < 1.29 is 9.13 Å². The maximum absolute atomic E-state index is 13.3. The Hall–Kier alpha value is -3.44. The first-order chi connectivity index (χ1) is 14.1. The lowest BCUT2D eigenvalue weighted by atomic mass is 10.2. The molecule has 0 N–H and O–H groups in total. The third-order valence-corrected chi connectivity index (χ3v) is 4.71. The lowest BCUT2D eigenvalue weighted by Crippen LogP contribution is -2.22. The zero-order valence-electron chi connectivity index (χ0n) is 15.5. The molecule has 0 radical (unpaired) electrons. The molecule has 4 nitrogen and oxygen atoms in total. The van der Waals surface area contributed by atoms with Crippen LogP contribution >= 0.6 is 11.6 Å². The Labute approximate surface area is 171 Å². The predicted octanol–water partition coefficient (Wildman–Crippen LogP) is 5.36. The smallest absolute Gasteiger partial charge is 0.266 e. The molecule has 0 saturated heterocycles. The largest absolute Gasteiger partial charge is 0.495 e. The maximum Gasteiger partial charge on any atom is 0.266 e. The lowest BCUT2D eigenvalue weighted by molar-refractivity contribution is 0.412. The van der Waals surface area contributed by atoms with Crippen LogP contribution in [0.3, 0.4) is 0 Å². The summed E-state index contributed by atoms with van der Waals surface area (Å²) in [4.78, 5) is 18.0. The number of benzene rings is 3. The Balaban J connectivity index is 1.98. The molecule has 0 amide bonds. The Bertz CT molecular complexity index is 1280. The van der Waals surface area contributed by atoms with Crippen LogP contribution in [0.25, 0.3) is 28.7 Å². The molecule has 3 aromatic carbocycles. The van der Waals surface area contributed by atoms with Crippen molar-refractivity contribution in [3.63, 3.8) is 0 Å². The zero-order valence-corrected chi connectivity index (χ0v) is 16.2. The SMILES string of the molecule is COc1ccc(Cl)cc1-n1c(/C=C\c2ccc(F)cc2)nc2ccccc2c1=O. The molecule has 6 heteroatoms. The number of para-hydroxylation sites is 1. The van der Waals surface area contributed by atoms with Gasteiger partial charge in [-0.05, 0) is 54.1 Å². The Morgan fingerprint density at radius 3 is 2.55 bits per heavy atom. The van der Waals surface area contributed by atoms with Gasteiger partial charge in [0.05, 0.1) is 23.7 Å². The van der Waals surface area contributed by atoms with Gasteiger partial charge in [0.1, 0.15) is 17.4 Å². The van der Waals surface area contributed by atoms with E-state index in [1.807, 2.05) is 6.07 Å². The van der Waals surface area contributed by atoms with Crippen molar-refractivity contribution in [2.24, 2.45) is 0 Å². The molecule has 1 heterocycles. The Morgan fingerprint density at radius 2 is 1.79 bits per heavy atom. The Kier molecular flexibility index (Phi) is 5.14. The van der Waals surface area contributed by atoms with Crippen LogP contribution in [0.4, 0.5) is 4.39 Å². The average molecular weight is 407 g/mol. The van der Waals surface area contributed by atoms with Gasteiger partial charge in [-0.2, -0.15) is 0 Å². The first-order valence-corrected chi connectivity index (χ1v) is 9.24. The molecule has 0 aliphatic heterocycles. The summed E-state index contributed by atoms with van der Waals surface area (Å²) in [6.45, 7) is 0. The molecular weight excluding hydrogens is 391 g/mol. The summed E-state index contributed by atoms with van der Waals surface area (Å²) >= 11 is 6.19. The van der Waals surface area contributed by atoms with Crippen molar-refractivity contribution in [2.45, 2.75) is 0 Å². The van der Waals surface area contributed by atoms with Crippen molar-refractivity contribution >= 4 is 34.7 Å². The number of fused-ring (bicyclic) bond motifs is 1. The number of nitrogens with zero attached hydrogens (tertiary/aromatic N) is 2. The minimum atomic E-state index is -0.313. The molecule has 0 saturated carbocycles. The van der Waals surface area contributed by atoms with E-state index in [-0.39, 0.29) is 11.4 Å². The van der Waals surface area contributed by atoms with Crippen LogP contribution in [-0.2, 0) is 0 Å². The third kappa shape index (κ3) is 3.77. The molecule has 0 aliphatic rings. The maximum atomic E-state index is 13.3. The number of methoxy groups -OCH3 is 1. The summed E-state index contributed by atoms with van der Waals surface area (Å²) in [5, 5.41) is 0.947. The molecule has 0 fully saturated rings. The molecule has 4 rings (SSSR count). The summed E-state index contributed by atoms with van der Waals surface area (Å²) < 4.78 is 20.1. The topological polar surface area (TPSA) is 44.1 Å². The molecule has 0 unspecified atom stereocenters. The molecule has 1 aromatic heterocycles. The molecule has 29 heavy (non-hydrogen) atoms. The second-order valence-corrected chi connectivity index (χ2v) is 6.77. The van der Waals surface area contributed by atoms with Crippen molar-refractivity contribution in [3.8, 4) is 11.4 Å². The quantitative estimate of drug-likeness (QED) is 0.458. The van der Waals surface area contributed by atoms with E-state index in [9.17, 15) is 9.18 Å². The van der Waals surface area contributed by atoms with Gasteiger partial charge in [0.25, 0.3) is 5.56 Å². The summed E-state index contributed by atoms with van der Waals surface area (Å²) in [6.07, 6.45) is 3.48. The van der Waals surface area contributed by atoms with Crippen LogP contribution < -0.4 is 10.3 Å². The average Bonchev–Trinajstić information content (AvgIpc) is 2.73. The molecule has 144 valence electrons. The minimum Gasteiger partial charge on any atom is -0.495 e. The van der Waals surface area contributed by atoms with Gasteiger partial charge in [-0.15, -0.1) is 0 Å². The highest BCUT2D eigenvalue weighted by Gasteiger charge is 2.15. The molecule has 0 aliphatic carbocycles. The van der Waals surface area contributed by atoms with Gasteiger partial charge in [0, 0.05) is 5.02 Å². The highest BCUT2D eigenvalue weighted by molar-refractivity contribution is 6.30. The number of halogens is 2. The van der Waals surface area contributed by atoms with E-state index in [2.05, 4.69) is 4.98 Å². The minimum absolute atomic E-state index is 0.241. The van der Waals surface area contributed by atoms with Gasteiger partial charge >= 0.3 is 0 Å². The van der Waals surface area contributed by atoms with E-state index in [4.69, 9.17) is 16.3 Å².